The van der Waals surface area contributed by atoms with Crippen molar-refractivity contribution in [3.8, 4) is 0 Å². The van der Waals surface area contributed by atoms with Gasteiger partial charge in [-0.2, -0.15) is 0 Å². The van der Waals surface area contributed by atoms with Crippen molar-refractivity contribution in [1.82, 2.24) is 10.6 Å². The van der Waals surface area contributed by atoms with Crippen molar-refractivity contribution in [3.63, 3.8) is 0 Å². The zero-order chi connectivity index (χ0) is 21.6. The topological polar surface area (TPSA) is 101 Å². The molecule has 0 unspecified atom stereocenters. The summed E-state index contributed by atoms with van der Waals surface area (Å²) in [6.07, 6.45) is 0.313. The molecule has 0 aliphatic carbocycles. The molecule has 0 saturated heterocycles. The van der Waals surface area contributed by atoms with Crippen LogP contribution in [-0.4, -0.2) is 29.8 Å². The smallest absolute Gasteiger partial charge is 0.243 e. The van der Waals surface area contributed by atoms with Gasteiger partial charge >= 0.3 is 0 Å². The molecule has 0 radical (unpaired) electrons. The number of amides is 3. The fourth-order valence-electron chi connectivity index (χ4n) is 3.02. The Labute approximate surface area is 169 Å². The molecule has 0 aromatic heterocycles. The van der Waals surface area contributed by atoms with E-state index in [1.54, 1.807) is 6.07 Å². The predicted octanol–water partition coefficient (Wildman–Crippen LogP) is 1.70. The molecule has 2 rings (SSSR count). The van der Waals surface area contributed by atoms with Gasteiger partial charge in [-0.05, 0) is 48.2 Å². The minimum atomic E-state index is -0.962. The van der Waals surface area contributed by atoms with Gasteiger partial charge in [0.25, 0.3) is 0 Å². The number of nitrogens with one attached hydrogen (secondary N) is 2. The second-order valence-electron chi connectivity index (χ2n) is 7.17. The lowest BCUT2D eigenvalue weighted by Gasteiger charge is -2.22. The van der Waals surface area contributed by atoms with Gasteiger partial charge in [-0.3, -0.25) is 14.4 Å². The van der Waals surface area contributed by atoms with Crippen LogP contribution < -0.4 is 16.4 Å². The first kappa shape index (κ1) is 22.1. The molecular formula is C22H26FN3O3. The molecule has 0 aliphatic rings. The van der Waals surface area contributed by atoms with Gasteiger partial charge in [0, 0.05) is 19.8 Å². The van der Waals surface area contributed by atoms with Gasteiger partial charge in [-0.1, -0.05) is 30.3 Å². The number of benzene rings is 2. The summed E-state index contributed by atoms with van der Waals surface area (Å²) >= 11 is 0. The molecule has 7 heteroatoms. The highest BCUT2D eigenvalue weighted by molar-refractivity contribution is 5.91. The van der Waals surface area contributed by atoms with Crippen LogP contribution in [0.2, 0.25) is 0 Å². The first-order chi connectivity index (χ1) is 13.7. The standard InChI is InChI=1S/C22H26FN3O3/c1-13-7-8-17(9-14(13)2)11-19(21(24)28)26-22(29)20(25-15(3)27)12-16-5-4-6-18(23)10-16/h4-10,19-20H,11-12H2,1-3H3,(H2,24,28)(H,25,27)(H,26,29)/t19-,20+/m0/s1. The number of primary amides is 1. The molecule has 154 valence electrons. The van der Waals surface area contributed by atoms with Gasteiger partial charge in [0.15, 0.2) is 0 Å². The molecule has 4 N–H and O–H groups in total. The molecule has 0 bridgehead atoms. The van der Waals surface area contributed by atoms with Gasteiger partial charge in [0.1, 0.15) is 17.9 Å². The summed E-state index contributed by atoms with van der Waals surface area (Å²) in [5.41, 5.74) is 9.08. The van der Waals surface area contributed by atoms with E-state index >= 15 is 0 Å². The maximum atomic E-state index is 13.5. The third kappa shape index (κ3) is 6.71. The average molecular weight is 399 g/mol. The Morgan fingerprint density at radius 1 is 0.931 bits per heavy atom. The van der Waals surface area contributed by atoms with Crippen molar-refractivity contribution in [3.05, 3.63) is 70.5 Å². The largest absolute Gasteiger partial charge is 0.368 e. The molecule has 3 amide bonds. The monoisotopic (exact) mass is 399 g/mol. The highest BCUT2D eigenvalue weighted by atomic mass is 19.1. The van der Waals surface area contributed by atoms with E-state index in [1.165, 1.54) is 25.1 Å². The highest BCUT2D eigenvalue weighted by Crippen LogP contribution is 2.12. The van der Waals surface area contributed by atoms with Crippen LogP contribution in [0.3, 0.4) is 0 Å². The van der Waals surface area contributed by atoms with Gasteiger partial charge < -0.3 is 16.4 Å². The van der Waals surface area contributed by atoms with Crippen LogP contribution in [0.25, 0.3) is 0 Å². The molecule has 2 atom stereocenters. The van der Waals surface area contributed by atoms with Gasteiger partial charge in [0.2, 0.25) is 17.7 Å². The number of carbonyl (C=O) groups excluding carboxylic acids is 3. The second-order valence-corrected chi connectivity index (χ2v) is 7.17. The molecule has 2 aromatic rings. The van der Waals surface area contributed by atoms with Crippen molar-refractivity contribution in [2.75, 3.05) is 0 Å². The lowest BCUT2D eigenvalue weighted by molar-refractivity contribution is -0.130. The van der Waals surface area contributed by atoms with E-state index in [4.69, 9.17) is 5.73 Å². The Bertz CT molecular complexity index is 914. The van der Waals surface area contributed by atoms with E-state index in [9.17, 15) is 18.8 Å². The van der Waals surface area contributed by atoms with E-state index in [-0.39, 0.29) is 12.8 Å². The quantitative estimate of drug-likeness (QED) is 0.630. The van der Waals surface area contributed by atoms with E-state index in [0.29, 0.717) is 5.56 Å². The molecule has 2 aromatic carbocycles. The van der Waals surface area contributed by atoms with Crippen LogP contribution in [0.1, 0.15) is 29.2 Å². The number of rotatable bonds is 8. The van der Waals surface area contributed by atoms with Crippen molar-refractivity contribution in [2.45, 2.75) is 45.7 Å². The van der Waals surface area contributed by atoms with Crippen LogP contribution in [0.5, 0.6) is 0 Å². The number of carbonyl (C=O) groups is 3. The summed E-state index contributed by atoms with van der Waals surface area (Å²) in [6.45, 7) is 5.23. The minimum absolute atomic E-state index is 0.0816. The van der Waals surface area contributed by atoms with Crippen LogP contribution in [0.15, 0.2) is 42.5 Å². The molecule has 29 heavy (non-hydrogen) atoms. The Hall–Kier alpha value is -3.22. The van der Waals surface area contributed by atoms with Crippen molar-refractivity contribution < 1.29 is 18.8 Å². The van der Waals surface area contributed by atoms with Gasteiger partial charge in [-0.25, -0.2) is 4.39 Å². The normalized spacial score (nSPS) is 12.7. The lowest BCUT2D eigenvalue weighted by Crippen LogP contribution is -2.54. The van der Waals surface area contributed by atoms with Crippen molar-refractivity contribution >= 4 is 17.7 Å². The lowest BCUT2D eigenvalue weighted by atomic mass is 9.99. The average Bonchev–Trinajstić information content (AvgIpc) is 2.63. The van der Waals surface area contributed by atoms with Gasteiger partial charge in [-0.15, -0.1) is 0 Å². The Morgan fingerprint density at radius 3 is 2.17 bits per heavy atom. The first-order valence-corrected chi connectivity index (χ1v) is 9.33. The molecule has 0 heterocycles. The Kier molecular flexibility index (Phi) is 7.47. The number of hydrogen-bond acceptors (Lipinski definition) is 3. The number of aryl methyl sites for hydroxylation is 2. The summed E-state index contributed by atoms with van der Waals surface area (Å²) in [5.74, 6) is -2.08. The third-order valence-electron chi connectivity index (χ3n) is 4.69. The van der Waals surface area contributed by atoms with Gasteiger partial charge in [0.05, 0.1) is 0 Å². The van der Waals surface area contributed by atoms with E-state index in [2.05, 4.69) is 10.6 Å². The molecular weight excluding hydrogens is 373 g/mol. The molecule has 0 saturated carbocycles. The zero-order valence-corrected chi connectivity index (χ0v) is 16.8. The SMILES string of the molecule is CC(=O)N[C@H](Cc1cccc(F)c1)C(=O)N[C@@H](Cc1ccc(C)c(C)c1)C(N)=O. The number of halogens is 1. The number of nitrogens with two attached hydrogens (primary N) is 1. The number of hydrogen-bond donors (Lipinski definition) is 3. The molecule has 0 spiro atoms. The summed E-state index contributed by atoms with van der Waals surface area (Å²) in [7, 11) is 0. The predicted molar refractivity (Wildman–Crippen MR) is 108 cm³/mol. The summed E-state index contributed by atoms with van der Waals surface area (Å²) in [6, 6.07) is 9.63. The maximum Gasteiger partial charge on any atom is 0.243 e. The van der Waals surface area contributed by atoms with Crippen LogP contribution in [0, 0.1) is 19.7 Å². The summed E-state index contributed by atoms with van der Waals surface area (Å²) in [5, 5.41) is 5.16. The molecule has 0 fully saturated rings. The van der Waals surface area contributed by atoms with Crippen LogP contribution in [0.4, 0.5) is 4.39 Å². The van der Waals surface area contributed by atoms with Crippen LogP contribution >= 0.6 is 0 Å². The third-order valence-corrected chi connectivity index (χ3v) is 4.69. The zero-order valence-electron chi connectivity index (χ0n) is 16.8. The fourth-order valence-corrected chi connectivity index (χ4v) is 3.02. The molecule has 0 aliphatic heterocycles. The maximum absolute atomic E-state index is 13.5. The van der Waals surface area contributed by atoms with E-state index in [0.717, 1.165) is 16.7 Å². The first-order valence-electron chi connectivity index (χ1n) is 9.33. The second kappa shape index (κ2) is 9.82. The van der Waals surface area contributed by atoms with Crippen molar-refractivity contribution in [2.24, 2.45) is 5.73 Å². The van der Waals surface area contributed by atoms with E-state index < -0.39 is 35.6 Å². The minimum Gasteiger partial charge on any atom is -0.368 e. The molecule has 6 nitrogen and oxygen atoms in total. The highest BCUT2D eigenvalue weighted by Gasteiger charge is 2.25. The summed E-state index contributed by atoms with van der Waals surface area (Å²) < 4.78 is 13.5. The fraction of sp³-hybridized carbons (Fsp3) is 0.318. The Morgan fingerprint density at radius 2 is 1.59 bits per heavy atom. The Balaban J connectivity index is 2.15. The van der Waals surface area contributed by atoms with Crippen molar-refractivity contribution in [1.29, 1.82) is 0 Å². The van der Waals surface area contributed by atoms with E-state index in [1.807, 2.05) is 32.0 Å². The summed E-state index contributed by atoms with van der Waals surface area (Å²) in [4.78, 5) is 36.2. The van der Waals surface area contributed by atoms with Crippen LogP contribution in [-0.2, 0) is 27.2 Å².